The van der Waals surface area contributed by atoms with Crippen molar-refractivity contribution >= 4 is 27.3 Å². The highest BCUT2D eigenvalue weighted by Gasteiger charge is 2.33. The lowest BCUT2D eigenvalue weighted by atomic mass is 10.2. The zero-order chi connectivity index (χ0) is 22.7. The zero-order valence-corrected chi connectivity index (χ0v) is 16.7. The van der Waals surface area contributed by atoms with Gasteiger partial charge in [-0.05, 0) is 38.1 Å². The summed E-state index contributed by atoms with van der Waals surface area (Å²) < 4.78 is 66.1. The van der Waals surface area contributed by atoms with Gasteiger partial charge in [0.15, 0.2) is 0 Å². The number of carbonyl (C=O) groups excluding carboxylic acids is 1. The van der Waals surface area contributed by atoms with Gasteiger partial charge in [-0.3, -0.25) is 19.2 Å². The summed E-state index contributed by atoms with van der Waals surface area (Å²) in [6.45, 7) is 2.36. The lowest BCUT2D eigenvalue weighted by Gasteiger charge is -2.24. The van der Waals surface area contributed by atoms with Crippen LogP contribution in [0.3, 0.4) is 0 Å². The van der Waals surface area contributed by atoms with E-state index in [9.17, 15) is 36.5 Å². The monoisotopic (exact) mass is 445 g/mol. The molecule has 2 rings (SSSR count). The summed E-state index contributed by atoms with van der Waals surface area (Å²) in [6, 6.07) is 6.58. The van der Waals surface area contributed by atoms with Crippen LogP contribution in [0.2, 0.25) is 0 Å². The predicted octanol–water partition coefficient (Wildman–Crippen LogP) is 3.25. The molecular formula is C18H18F3N3O5S. The van der Waals surface area contributed by atoms with E-state index in [0.29, 0.717) is 10.4 Å². The summed E-state index contributed by atoms with van der Waals surface area (Å²) in [5, 5.41) is 13.5. The second-order valence-electron chi connectivity index (χ2n) is 6.22. The number of nitro groups is 1. The van der Waals surface area contributed by atoms with E-state index >= 15 is 0 Å². The Kier molecular flexibility index (Phi) is 6.70. The molecule has 0 atom stereocenters. The van der Waals surface area contributed by atoms with Gasteiger partial charge in [-0.15, -0.1) is 0 Å². The molecule has 0 aromatic heterocycles. The fourth-order valence-electron chi connectivity index (χ4n) is 2.61. The third kappa shape index (κ3) is 5.06. The van der Waals surface area contributed by atoms with Crippen molar-refractivity contribution in [1.82, 2.24) is 5.32 Å². The fourth-order valence-corrected chi connectivity index (χ4v) is 4.04. The van der Waals surface area contributed by atoms with E-state index in [1.807, 2.05) is 0 Å². The molecule has 162 valence electrons. The molecule has 0 spiro atoms. The summed E-state index contributed by atoms with van der Waals surface area (Å²) >= 11 is 0. The van der Waals surface area contributed by atoms with Crippen molar-refractivity contribution in [2.45, 2.75) is 24.9 Å². The highest BCUT2D eigenvalue weighted by molar-refractivity contribution is 7.92. The average molecular weight is 445 g/mol. The number of aryl methyl sites for hydroxylation is 1. The average Bonchev–Trinajstić information content (AvgIpc) is 2.65. The van der Waals surface area contributed by atoms with Crippen molar-refractivity contribution in [3.8, 4) is 0 Å². The van der Waals surface area contributed by atoms with Gasteiger partial charge in [0.2, 0.25) is 5.91 Å². The molecule has 30 heavy (non-hydrogen) atoms. The third-order valence-corrected chi connectivity index (χ3v) is 5.86. The molecule has 0 aliphatic rings. The number of likely N-dealkylation sites (N-methyl/N-ethyl adjacent to an activating group) is 1. The molecule has 0 fully saturated rings. The number of nitro benzene ring substituents is 1. The predicted molar refractivity (Wildman–Crippen MR) is 102 cm³/mol. The van der Waals surface area contributed by atoms with E-state index in [1.165, 1.54) is 13.0 Å². The molecule has 0 saturated heterocycles. The first kappa shape index (κ1) is 23.1. The second kappa shape index (κ2) is 8.69. The van der Waals surface area contributed by atoms with Crippen molar-refractivity contribution in [3.05, 3.63) is 63.7 Å². The van der Waals surface area contributed by atoms with E-state index in [1.54, 1.807) is 6.92 Å². The maximum absolute atomic E-state index is 13.2. The summed E-state index contributed by atoms with van der Waals surface area (Å²) in [5.41, 5.74) is -1.78. The molecule has 0 radical (unpaired) electrons. The molecule has 2 aromatic rings. The summed E-state index contributed by atoms with van der Waals surface area (Å²) in [7, 11) is -4.60. The Morgan fingerprint density at radius 2 is 1.87 bits per heavy atom. The molecule has 0 bridgehead atoms. The van der Waals surface area contributed by atoms with E-state index < -0.39 is 55.4 Å². The highest BCUT2D eigenvalue weighted by atomic mass is 32.2. The number of hydrogen-bond donors (Lipinski definition) is 1. The van der Waals surface area contributed by atoms with Gasteiger partial charge in [-0.1, -0.05) is 12.1 Å². The van der Waals surface area contributed by atoms with Gasteiger partial charge in [-0.2, -0.15) is 13.2 Å². The van der Waals surface area contributed by atoms with Crippen LogP contribution in [0.25, 0.3) is 0 Å². The van der Waals surface area contributed by atoms with Gasteiger partial charge in [0.25, 0.3) is 15.7 Å². The van der Waals surface area contributed by atoms with Crippen LogP contribution < -0.4 is 9.62 Å². The number of carbonyl (C=O) groups is 1. The number of sulfonamides is 1. The summed E-state index contributed by atoms with van der Waals surface area (Å²) in [6.07, 6.45) is -4.74. The van der Waals surface area contributed by atoms with Gasteiger partial charge < -0.3 is 5.32 Å². The Morgan fingerprint density at radius 3 is 2.43 bits per heavy atom. The second-order valence-corrected chi connectivity index (χ2v) is 8.08. The lowest BCUT2D eigenvalue weighted by molar-refractivity contribution is -0.385. The smallest absolute Gasteiger partial charge is 0.355 e. The Bertz CT molecular complexity index is 1070. The van der Waals surface area contributed by atoms with Crippen LogP contribution in [0.15, 0.2) is 47.4 Å². The highest BCUT2D eigenvalue weighted by Crippen LogP contribution is 2.33. The van der Waals surface area contributed by atoms with Crippen LogP contribution in [0.1, 0.15) is 18.1 Å². The Hall–Kier alpha value is -3.15. The third-order valence-electron chi connectivity index (χ3n) is 4.09. The molecule has 1 N–H and O–H groups in total. The van der Waals surface area contributed by atoms with E-state index in [4.69, 9.17) is 0 Å². The van der Waals surface area contributed by atoms with Gasteiger partial charge in [0, 0.05) is 18.2 Å². The van der Waals surface area contributed by atoms with Crippen LogP contribution in [0.5, 0.6) is 0 Å². The number of nitrogens with zero attached hydrogens (tertiary/aromatic N) is 2. The molecule has 0 unspecified atom stereocenters. The number of nitrogens with one attached hydrogen (secondary N) is 1. The van der Waals surface area contributed by atoms with Gasteiger partial charge in [0.1, 0.15) is 6.54 Å². The Labute approximate surface area is 170 Å². The normalized spacial score (nSPS) is 11.8. The Morgan fingerprint density at radius 1 is 1.20 bits per heavy atom. The quantitative estimate of drug-likeness (QED) is 0.520. The molecule has 0 aliphatic carbocycles. The Balaban J connectivity index is 2.64. The van der Waals surface area contributed by atoms with Crippen molar-refractivity contribution in [2.24, 2.45) is 0 Å². The molecular weight excluding hydrogens is 427 g/mol. The number of hydrogen-bond acceptors (Lipinski definition) is 5. The van der Waals surface area contributed by atoms with Gasteiger partial charge in [-0.25, -0.2) is 8.42 Å². The number of halogens is 3. The summed E-state index contributed by atoms with van der Waals surface area (Å²) in [4.78, 5) is 21.9. The molecule has 0 saturated carbocycles. The first-order chi connectivity index (χ1) is 13.9. The van der Waals surface area contributed by atoms with Crippen molar-refractivity contribution in [3.63, 3.8) is 0 Å². The standard InChI is InChI=1S/C18H18F3N3O5S/c1-3-22-17(25)11-23(14-6-4-5-13(9-14)18(19,20)21)30(28,29)15-8-7-12(2)16(10-15)24(26)27/h4-10H,3,11H2,1-2H3,(H,22,25). The lowest BCUT2D eigenvalue weighted by Crippen LogP contribution is -2.41. The van der Waals surface area contributed by atoms with Crippen LogP contribution in [-0.2, 0) is 21.0 Å². The number of rotatable bonds is 7. The number of alkyl halides is 3. The van der Waals surface area contributed by atoms with E-state index in [-0.39, 0.29) is 12.1 Å². The molecule has 2 aromatic carbocycles. The van der Waals surface area contributed by atoms with Gasteiger partial charge >= 0.3 is 6.18 Å². The van der Waals surface area contributed by atoms with E-state index in [0.717, 1.165) is 30.3 Å². The largest absolute Gasteiger partial charge is 0.416 e. The van der Waals surface area contributed by atoms with Gasteiger partial charge in [0.05, 0.1) is 21.1 Å². The van der Waals surface area contributed by atoms with Crippen LogP contribution >= 0.6 is 0 Å². The first-order valence-electron chi connectivity index (χ1n) is 8.59. The molecule has 0 aliphatic heterocycles. The summed E-state index contributed by atoms with van der Waals surface area (Å²) in [5.74, 6) is -0.750. The van der Waals surface area contributed by atoms with Crippen LogP contribution in [-0.4, -0.2) is 32.3 Å². The van der Waals surface area contributed by atoms with Crippen molar-refractivity contribution in [2.75, 3.05) is 17.4 Å². The number of benzene rings is 2. The minimum Gasteiger partial charge on any atom is -0.355 e. The maximum atomic E-state index is 13.2. The number of amides is 1. The first-order valence-corrected chi connectivity index (χ1v) is 10.0. The minimum absolute atomic E-state index is 0.172. The fraction of sp³-hybridized carbons (Fsp3) is 0.278. The van der Waals surface area contributed by atoms with Crippen LogP contribution in [0.4, 0.5) is 24.5 Å². The molecule has 8 nitrogen and oxygen atoms in total. The van der Waals surface area contributed by atoms with Crippen molar-refractivity contribution < 1.29 is 31.3 Å². The maximum Gasteiger partial charge on any atom is 0.416 e. The zero-order valence-electron chi connectivity index (χ0n) is 15.9. The molecule has 1 amide bonds. The topological polar surface area (TPSA) is 110 Å². The molecule has 12 heteroatoms. The number of anilines is 1. The van der Waals surface area contributed by atoms with Crippen LogP contribution in [0, 0.1) is 17.0 Å². The van der Waals surface area contributed by atoms with Crippen molar-refractivity contribution in [1.29, 1.82) is 0 Å². The minimum atomic E-state index is -4.74. The molecule has 0 heterocycles. The van der Waals surface area contributed by atoms with E-state index in [2.05, 4.69) is 5.32 Å². The SMILES string of the molecule is CCNC(=O)CN(c1cccc(C(F)(F)F)c1)S(=O)(=O)c1ccc(C)c([N+](=O)[O-])c1.